The lowest BCUT2D eigenvalue weighted by molar-refractivity contribution is 0.211. The minimum Gasteiger partial charge on any atom is -0.322 e. The Labute approximate surface area is 147 Å². The molecule has 1 fully saturated rings. The lowest BCUT2D eigenvalue weighted by Gasteiger charge is -2.34. The summed E-state index contributed by atoms with van der Waals surface area (Å²) in [6, 6.07) is 9.94. The number of aryl methyl sites for hydroxylation is 1. The molecule has 0 unspecified atom stereocenters. The molecule has 0 aliphatic carbocycles. The molecule has 2 heterocycles. The van der Waals surface area contributed by atoms with Gasteiger partial charge in [0.1, 0.15) is 0 Å². The first-order chi connectivity index (χ1) is 11.5. The van der Waals surface area contributed by atoms with E-state index in [0.717, 1.165) is 35.9 Å². The van der Waals surface area contributed by atoms with E-state index < -0.39 is 0 Å². The van der Waals surface area contributed by atoms with Gasteiger partial charge in [-0.1, -0.05) is 32.0 Å². The monoisotopic (exact) mass is 344 g/mol. The van der Waals surface area contributed by atoms with Crippen LogP contribution in [0.5, 0.6) is 0 Å². The Bertz CT molecular complexity index is 718. The lowest BCUT2D eigenvalue weighted by Crippen LogP contribution is -2.46. The first-order valence-corrected chi connectivity index (χ1v) is 9.23. The molecule has 1 aromatic carbocycles. The molecule has 128 valence electrons. The summed E-state index contributed by atoms with van der Waals surface area (Å²) in [5.74, 6) is 0. The van der Waals surface area contributed by atoms with Crippen LogP contribution < -0.4 is 5.32 Å². The summed E-state index contributed by atoms with van der Waals surface area (Å²) < 4.78 is 1.88. The van der Waals surface area contributed by atoms with E-state index >= 15 is 0 Å². The number of nitrogens with one attached hydrogen (secondary N) is 1. The molecule has 6 heteroatoms. The number of carbonyl (C=O) groups excluding carboxylic acids is 1. The van der Waals surface area contributed by atoms with Gasteiger partial charge >= 0.3 is 6.03 Å². The van der Waals surface area contributed by atoms with E-state index in [1.165, 1.54) is 0 Å². The van der Waals surface area contributed by atoms with Gasteiger partial charge in [0.05, 0.1) is 22.8 Å². The van der Waals surface area contributed by atoms with Crippen molar-refractivity contribution in [3.05, 3.63) is 41.7 Å². The molecule has 2 atom stereocenters. The van der Waals surface area contributed by atoms with Gasteiger partial charge in [0.25, 0.3) is 0 Å². The largest absolute Gasteiger partial charge is 0.322 e. The van der Waals surface area contributed by atoms with Crippen molar-refractivity contribution in [3.63, 3.8) is 0 Å². The van der Waals surface area contributed by atoms with Crippen LogP contribution in [0, 0.1) is 13.8 Å². The summed E-state index contributed by atoms with van der Waals surface area (Å²) in [6.45, 7) is 9.83. The van der Waals surface area contributed by atoms with Crippen molar-refractivity contribution in [1.82, 2.24) is 14.7 Å². The molecule has 0 spiro atoms. The van der Waals surface area contributed by atoms with Gasteiger partial charge in [0.15, 0.2) is 0 Å². The molecular formula is C18H24N4OS. The van der Waals surface area contributed by atoms with E-state index in [4.69, 9.17) is 0 Å². The van der Waals surface area contributed by atoms with E-state index in [1.807, 2.05) is 65.5 Å². The van der Waals surface area contributed by atoms with Crippen molar-refractivity contribution < 1.29 is 4.79 Å². The Morgan fingerprint density at radius 2 is 1.79 bits per heavy atom. The zero-order valence-electron chi connectivity index (χ0n) is 14.6. The fourth-order valence-electron chi connectivity index (χ4n) is 3.17. The van der Waals surface area contributed by atoms with Gasteiger partial charge in [-0.15, -0.1) is 0 Å². The Hall–Kier alpha value is -1.95. The minimum atomic E-state index is -0.0344. The van der Waals surface area contributed by atoms with Crippen LogP contribution in [0.2, 0.25) is 0 Å². The summed E-state index contributed by atoms with van der Waals surface area (Å²) in [6.07, 6.45) is 0. The van der Waals surface area contributed by atoms with E-state index in [0.29, 0.717) is 10.5 Å². The predicted octanol–water partition coefficient (Wildman–Crippen LogP) is 3.85. The first-order valence-electron chi connectivity index (χ1n) is 8.28. The van der Waals surface area contributed by atoms with Crippen molar-refractivity contribution in [2.45, 2.75) is 38.2 Å². The number of benzene rings is 1. The van der Waals surface area contributed by atoms with Crippen LogP contribution in [0.4, 0.5) is 10.5 Å². The van der Waals surface area contributed by atoms with Gasteiger partial charge in [0, 0.05) is 23.6 Å². The number of aromatic nitrogens is 2. The molecule has 1 aliphatic heterocycles. The average molecular weight is 344 g/mol. The molecule has 1 saturated heterocycles. The van der Waals surface area contributed by atoms with Gasteiger partial charge in [-0.2, -0.15) is 16.9 Å². The molecule has 3 rings (SSSR count). The number of hydrogen-bond acceptors (Lipinski definition) is 3. The molecule has 0 bridgehead atoms. The van der Waals surface area contributed by atoms with Crippen LogP contribution >= 0.6 is 11.8 Å². The number of para-hydroxylation sites is 1. The topological polar surface area (TPSA) is 50.2 Å². The fraction of sp³-hybridized carbons (Fsp3) is 0.444. The van der Waals surface area contributed by atoms with Crippen molar-refractivity contribution >= 4 is 23.5 Å². The number of amides is 2. The Morgan fingerprint density at radius 1 is 1.17 bits per heavy atom. The minimum absolute atomic E-state index is 0.0344. The van der Waals surface area contributed by atoms with E-state index in [9.17, 15) is 4.79 Å². The molecule has 2 aromatic rings. The second-order valence-electron chi connectivity index (χ2n) is 6.39. The quantitative estimate of drug-likeness (QED) is 0.900. The number of anilines is 1. The van der Waals surface area contributed by atoms with Crippen molar-refractivity contribution in [2.24, 2.45) is 0 Å². The van der Waals surface area contributed by atoms with Gasteiger partial charge in [0.2, 0.25) is 0 Å². The van der Waals surface area contributed by atoms with Crippen LogP contribution in [0.3, 0.4) is 0 Å². The summed E-state index contributed by atoms with van der Waals surface area (Å²) in [5.41, 5.74) is 3.58. The highest BCUT2D eigenvalue weighted by Gasteiger charge is 2.27. The molecular weight excluding hydrogens is 320 g/mol. The maximum atomic E-state index is 12.7. The van der Waals surface area contributed by atoms with Gasteiger partial charge in [-0.25, -0.2) is 9.48 Å². The highest BCUT2D eigenvalue weighted by molar-refractivity contribution is 8.00. The molecule has 1 aromatic heterocycles. The van der Waals surface area contributed by atoms with Crippen LogP contribution in [0.25, 0.3) is 5.69 Å². The normalized spacial score (nSPS) is 20.9. The molecule has 2 amide bonds. The number of hydrogen-bond donors (Lipinski definition) is 1. The zero-order chi connectivity index (χ0) is 17.3. The number of carbonyl (C=O) groups is 1. The second-order valence-corrected chi connectivity index (χ2v) is 8.27. The van der Waals surface area contributed by atoms with Crippen molar-refractivity contribution in [2.75, 3.05) is 18.4 Å². The SMILES string of the molecule is Cc1nn(-c2ccccc2)c(C)c1NC(=O)N1C[C@@H](C)S[C@H](C)C1. The maximum Gasteiger partial charge on any atom is 0.322 e. The third kappa shape index (κ3) is 3.43. The van der Waals surface area contributed by atoms with Gasteiger partial charge in [-0.05, 0) is 26.0 Å². The molecule has 1 aliphatic rings. The fourth-order valence-corrected chi connectivity index (χ4v) is 4.50. The predicted molar refractivity (Wildman–Crippen MR) is 100 cm³/mol. The van der Waals surface area contributed by atoms with Gasteiger partial charge < -0.3 is 10.2 Å². The molecule has 24 heavy (non-hydrogen) atoms. The third-order valence-electron chi connectivity index (χ3n) is 4.23. The van der Waals surface area contributed by atoms with E-state index in [1.54, 1.807) is 0 Å². The van der Waals surface area contributed by atoms with E-state index in [-0.39, 0.29) is 6.03 Å². The number of urea groups is 1. The standard InChI is InChI=1S/C18H24N4OS/c1-12-10-21(11-13(2)24-12)18(23)19-17-14(3)20-22(15(17)4)16-8-6-5-7-9-16/h5-9,12-13H,10-11H2,1-4H3,(H,19,23)/t12-,13-/m1/s1. The highest BCUT2D eigenvalue weighted by atomic mass is 32.2. The molecule has 0 saturated carbocycles. The third-order valence-corrected chi connectivity index (χ3v) is 5.46. The Balaban J connectivity index is 1.80. The second kappa shape index (κ2) is 6.89. The molecule has 5 nitrogen and oxygen atoms in total. The van der Waals surface area contributed by atoms with Gasteiger partial charge in [-0.3, -0.25) is 0 Å². The summed E-state index contributed by atoms with van der Waals surface area (Å²) in [4.78, 5) is 14.6. The summed E-state index contributed by atoms with van der Waals surface area (Å²) in [5, 5.41) is 8.59. The number of rotatable bonds is 2. The summed E-state index contributed by atoms with van der Waals surface area (Å²) >= 11 is 1.94. The average Bonchev–Trinajstić information content (AvgIpc) is 2.83. The molecule has 1 N–H and O–H groups in total. The number of thioether (sulfide) groups is 1. The number of nitrogens with zero attached hydrogens (tertiary/aromatic N) is 3. The zero-order valence-corrected chi connectivity index (χ0v) is 15.4. The maximum absolute atomic E-state index is 12.7. The first kappa shape index (κ1) is 16.9. The Morgan fingerprint density at radius 3 is 2.42 bits per heavy atom. The smallest absolute Gasteiger partial charge is 0.322 e. The van der Waals surface area contributed by atoms with Crippen molar-refractivity contribution in [3.8, 4) is 5.69 Å². The highest BCUT2D eigenvalue weighted by Crippen LogP contribution is 2.27. The Kier molecular flexibility index (Phi) is 4.85. The summed E-state index contributed by atoms with van der Waals surface area (Å²) in [7, 11) is 0. The van der Waals surface area contributed by atoms with Crippen LogP contribution in [0.15, 0.2) is 30.3 Å². The van der Waals surface area contributed by atoms with Crippen LogP contribution in [-0.2, 0) is 0 Å². The van der Waals surface area contributed by atoms with Crippen LogP contribution in [0.1, 0.15) is 25.2 Å². The lowest BCUT2D eigenvalue weighted by atomic mass is 10.3. The van der Waals surface area contributed by atoms with E-state index in [2.05, 4.69) is 24.3 Å². The van der Waals surface area contributed by atoms with Crippen molar-refractivity contribution in [1.29, 1.82) is 0 Å². The van der Waals surface area contributed by atoms with Crippen LogP contribution in [-0.4, -0.2) is 44.3 Å². The molecule has 0 radical (unpaired) electrons.